The molecule has 2 aliphatic rings. The molecular weight excluding hydrogens is 356 g/mol. The van der Waals surface area contributed by atoms with Gasteiger partial charge < -0.3 is 0 Å². The molecule has 0 saturated heterocycles. The van der Waals surface area contributed by atoms with Crippen LogP contribution in [0, 0.1) is 0 Å². The molecule has 0 saturated carbocycles. The highest BCUT2D eigenvalue weighted by atomic mass is 35.5. The molecule has 0 fully saturated rings. The minimum absolute atomic E-state index is 0.161. The first-order valence-electron chi connectivity index (χ1n) is 7.86. The number of para-hydroxylation sites is 1. The maximum absolute atomic E-state index is 12.7. The number of hydrazone groups is 1. The van der Waals surface area contributed by atoms with Crippen molar-refractivity contribution in [1.82, 2.24) is 10.3 Å². The van der Waals surface area contributed by atoms with Crippen LogP contribution in [0.15, 0.2) is 58.6 Å². The van der Waals surface area contributed by atoms with E-state index in [1.165, 1.54) is 11.8 Å². The van der Waals surface area contributed by atoms with Crippen LogP contribution in [0.25, 0.3) is 5.70 Å². The van der Waals surface area contributed by atoms with Gasteiger partial charge in [-0.3, -0.25) is 15.1 Å². The lowest BCUT2D eigenvalue weighted by Gasteiger charge is -2.32. The Bertz CT molecular complexity index is 1000. The number of carbonyl (C=O) groups excluding carboxylic acids is 1. The Labute approximate surface area is 154 Å². The number of carbonyl (C=O) groups is 1. The van der Waals surface area contributed by atoms with Crippen molar-refractivity contribution in [2.75, 3.05) is 0 Å². The number of benzene rings is 2. The van der Waals surface area contributed by atoms with E-state index < -0.39 is 0 Å². The summed E-state index contributed by atoms with van der Waals surface area (Å²) in [5.74, 6) is 0.468. The lowest BCUT2D eigenvalue weighted by molar-refractivity contribution is -0.116. The van der Waals surface area contributed by atoms with Gasteiger partial charge in [0.2, 0.25) is 0 Å². The zero-order valence-electron chi connectivity index (χ0n) is 13.4. The number of hydrogen-bond acceptors (Lipinski definition) is 5. The van der Waals surface area contributed by atoms with Gasteiger partial charge in [0.05, 0.1) is 5.36 Å². The molecule has 2 aromatic carbocycles. The minimum Gasteiger partial charge on any atom is -0.298 e. The van der Waals surface area contributed by atoms with Crippen LogP contribution in [-0.2, 0) is 10.5 Å². The molecule has 1 N–H and O–H groups in total. The molecule has 2 aromatic rings. The van der Waals surface area contributed by atoms with Gasteiger partial charge in [0.25, 0.3) is 5.91 Å². The molecule has 25 heavy (non-hydrogen) atoms. The summed E-state index contributed by atoms with van der Waals surface area (Å²) in [6.45, 7) is 1.92. The Morgan fingerprint density at radius 3 is 2.80 bits per heavy atom. The van der Waals surface area contributed by atoms with Crippen LogP contribution in [0.2, 0.25) is 5.02 Å². The zero-order valence-corrected chi connectivity index (χ0v) is 15.0. The number of nitrogens with one attached hydrogen (secondary N) is 1. The number of thioether (sulfide) groups is 1. The number of amides is 1. The molecule has 2 heterocycles. The van der Waals surface area contributed by atoms with Gasteiger partial charge in [-0.15, -0.1) is 5.10 Å². The van der Waals surface area contributed by atoms with Crippen molar-refractivity contribution in [3.05, 3.63) is 69.7 Å². The fourth-order valence-electron chi connectivity index (χ4n) is 2.82. The summed E-state index contributed by atoms with van der Waals surface area (Å²) in [6.07, 6.45) is -0.230. The highest BCUT2D eigenvalue weighted by molar-refractivity contribution is 8.13. The van der Waals surface area contributed by atoms with Crippen molar-refractivity contribution in [3.63, 3.8) is 0 Å². The van der Waals surface area contributed by atoms with E-state index >= 15 is 0 Å². The number of halogens is 1. The maximum atomic E-state index is 12.7. The van der Waals surface area contributed by atoms with Crippen LogP contribution in [-0.4, -0.2) is 22.2 Å². The summed E-state index contributed by atoms with van der Waals surface area (Å²) in [5.41, 5.74) is 1.54. The predicted molar refractivity (Wildman–Crippen MR) is 100 cm³/mol. The van der Waals surface area contributed by atoms with E-state index in [1.54, 1.807) is 5.01 Å². The van der Waals surface area contributed by atoms with Crippen LogP contribution in [0.3, 0.4) is 0 Å². The number of fused-ring (bicyclic) bond motifs is 2. The number of amidine groups is 1. The van der Waals surface area contributed by atoms with Crippen LogP contribution >= 0.6 is 23.4 Å². The molecule has 126 valence electrons. The third-order valence-electron chi connectivity index (χ3n) is 4.02. The third-order valence-corrected chi connectivity index (χ3v) is 5.31. The molecule has 0 aromatic heterocycles. The van der Waals surface area contributed by atoms with E-state index in [2.05, 4.69) is 15.4 Å². The molecule has 7 heteroatoms. The summed E-state index contributed by atoms with van der Waals surface area (Å²) in [7, 11) is 0. The van der Waals surface area contributed by atoms with Crippen molar-refractivity contribution in [2.24, 2.45) is 10.1 Å². The van der Waals surface area contributed by atoms with Crippen molar-refractivity contribution >= 4 is 40.1 Å². The summed E-state index contributed by atoms with van der Waals surface area (Å²) in [5, 5.41) is 12.0. The molecule has 0 radical (unpaired) electrons. The fraction of sp³-hybridized carbons (Fsp3) is 0.167. The van der Waals surface area contributed by atoms with Crippen molar-refractivity contribution < 1.29 is 4.79 Å². The Morgan fingerprint density at radius 2 is 1.96 bits per heavy atom. The molecule has 0 aliphatic carbocycles. The number of nitrogens with zero attached hydrogens (tertiary/aromatic N) is 3. The summed E-state index contributed by atoms with van der Waals surface area (Å²) in [6, 6.07) is 15.3. The molecule has 2 aliphatic heterocycles. The van der Waals surface area contributed by atoms with Gasteiger partial charge in [-0.05, 0) is 24.6 Å². The maximum Gasteiger partial charge on any atom is 0.276 e. The molecule has 0 spiro atoms. The van der Waals surface area contributed by atoms with Crippen LogP contribution in [0.1, 0.15) is 12.5 Å². The van der Waals surface area contributed by atoms with Gasteiger partial charge in [0, 0.05) is 16.0 Å². The van der Waals surface area contributed by atoms with Gasteiger partial charge in [-0.2, -0.15) is 0 Å². The largest absolute Gasteiger partial charge is 0.298 e. The molecule has 0 bridgehead atoms. The van der Waals surface area contributed by atoms with Crippen molar-refractivity contribution in [2.45, 2.75) is 18.8 Å². The first kappa shape index (κ1) is 16.2. The predicted octanol–water partition coefficient (Wildman–Crippen LogP) is 2.06. The van der Waals surface area contributed by atoms with Crippen LogP contribution in [0.4, 0.5) is 0 Å². The average Bonchev–Trinajstić information content (AvgIpc) is 2.61. The second kappa shape index (κ2) is 6.54. The van der Waals surface area contributed by atoms with Gasteiger partial charge in [-0.1, -0.05) is 59.8 Å². The fourth-order valence-corrected chi connectivity index (χ4v) is 3.95. The first-order valence-corrected chi connectivity index (χ1v) is 9.22. The smallest absolute Gasteiger partial charge is 0.276 e. The van der Waals surface area contributed by atoms with E-state index in [4.69, 9.17) is 11.6 Å². The monoisotopic (exact) mass is 370 g/mol. The van der Waals surface area contributed by atoms with Gasteiger partial charge in [0.1, 0.15) is 11.9 Å². The van der Waals surface area contributed by atoms with E-state index in [0.717, 1.165) is 16.1 Å². The summed E-state index contributed by atoms with van der Waals surface area (Å²) < 4.78 is 0. The lowest BCUT2D eigenvalue weighted by atomic mass is 10.2. The molecule has 4 rings (SSSR count). The Hall–Kier alpha value is -2.31. The van der Waals surface area contributed by atoms with Crippen molar-refractivity contribution in [3.8, 4) is 0 Å². The quantitative estimate of drug-likeness (QED) is 0.880. The molecule has 0 unspecified atom stereocenters. The minimum atomic E-state index is -0.230. The number of hydrogen-bond donors (Lipinski definition) is 1. The Balaban J connectivity index is 1.66. The Kier molecular flexibility index (Phi) is 4.23. The Morgan fingerprint density at radius 1 is 1.20 bits per heavy atom. The molecule has 1 atom stereocenters. The zero-order chi connectivity index (χ0) is 17.4. The molecular formula is C18H15ClN4OS. The third kappa shape index (κ3) is 3.03. The second-order valence-electron chi connectivity index (χ2n) is 5.71. The first-order chi connectivity index (χ1) is 12.1. The van der Waals surface area contributed by atoms with Gasteiger partial charge in [0.15, 0.2) is 5.17 Å². The van der Waals surface area contributed by atoms with Crippen LogP contribution < -0.4 is 15.9 Å². The topological polar surface area (TPSA) is 57.1 Å². The highest BCUT2D eigenvalue weighted by Gasteiger charge is 2.31. The van der Waals surface area contributed by atoms with E-state index in [0.29, 0.717) is 21.6 Å². The summed E-state index contributed by atoms with van der Waals surface area (Å²) >= 11 is 7.64. The van der Waals surface area contributed by atoms with E-state index in [-0.39, 0.29) is 12.1 Å². The van der Waals surface area contributed by atoms with Gasteiger partial charge in [-0.25, -0.2) is 5.01 Å². The molecule has 5 nitrogen and oxygen atoms in total. The highest BCUT2D eigenvalue weighted by Crippen LogP contribution is 2.24. The van der Waals surface area contributed by atoms with Gasteiger partial charge >= 0.3 is 0 Å². The van der Waals surface area contributed by atoms with Crippen molar-refractivity contribution in [1.29, 1.82) is 0 Å². The standard InChI is InChI=1S/C18H15ClN4OS/c1-11-20-15-9-5-3-7-13(15)16-17(24)21-18(22-23(11)16)25-10-12-6-2-4-8-14(12)19/h2-9,11H,10H2,1H3,(H,21,22,24)/t11-/m1/s1. The number of rotatable bonds is 2. The normalized spacial score (nSPS) is 18.7. The van der Waals surface area contributed by atoms with E-state index in [1.807, 2.05) is 55.5 Å². The second-order valence-corrected chi connectivity index (χ2v) is 7.08. The lowest BCUT2D eigenvalue weighted by Crippen LogP contribution is -2.51. The summed E-state index contributed by atoms with van der Waals surface area (Å²) in [4.78, 5) is 17.3. The SMILES string of the molecule is C[C@@H]1N=c2ccccc2=C2C(=O)NC(SCc3ccccc3Cl)=NN21. The molecule has 1 amide bonds. The average molecular weight is 371 g/mol. The van der Waals surface area contributed by atoms with Crippen LogP contribution in [0.5, 0.6) is 0 Å². The van der Waals surface area contributed by atoms with E-state index in [9.17, 15) is 4.79 Å².